The number of carbonyl (C=O) groups is 1. The third kappa shape index (κ3) is 3.35. The Morgan fingerprint density at radius 1 is 1.42 bits per heavy atom. The molecular weight excluding hydrogens is 262 g/mol. The maximum atomic E-state index is 11.0. The minimum absolute atomic E-state index is 0.463. The highest BCUT2D eigenvalue weighted by molar-refractivity contribution is 8.00. The lowest BCUT2D eigenvalue weighted by molar-refractivity contribution is -0.136. The largest absolute Gasteiger partial charge is 0.480 e. The van der Waals surface area contributed by atoms with Crippen LogP contribution >= 0.6 is 11.8 Å². The van der Waals surface area contributed by atoms with E-state index in [1.54, 1.807) is 0 Å². The maximum absolute atomic E-state index is 11.0. The van der Waals surface area contributed by atoms with E-state index >= 15 is 0 Å². The molecule has 1 atom stereocenters. The molecule has 0 spiro atoms. The van der Waals surface area contributed by atoms with Crippen LogP contribution < -0.4 is 0 Å². The summed E-state index contributed by atoms with van der Waals surface area (Å²) in [4.78, 5) is 15.3. The van der Waals surface area contributed by atoms with E-state index in [1.807, 2.05) is 38.1 Å². The lowest BCUT2D eigenvalue weighted by Gasteiger charge is -2.04. The Labute approximate surface area is 115 Å². The van der Waals surface area contributed by atoms with Crippen molar-refractivity contribution in [3.05, 3.63) is 29.8 Å². The van der Waals surface area contributed by atoms with Gasteiger partial charge in [-0.15, -0.1) is 5.10 Å². The molecule has 0 bridgehead atoms. The van der Waals surface area contributed by atoms with Crippen LogP contribution in [0.1, 0.15) is 18.9 Å². The summed E-state index contributed by atoms with van der Waals surface area (Å²) in [5.74, 6) is -0.183. The summed E-state index contributed by atoms with van der Waals surface area (Å²) in [6.07, 6.45) is 0.536. The zero-order chi connectivity index (χ0) is 13.8. The van der Waals surface area contributed by atoms with Crippen LogP contribution in [-0.2, 0) is 4.79 Å². The first kappa shape index (κ1) is 13.6. The number of H-pyrrole nitrogens is 1. The van der Waals surface area contributed by atoms with Crippen molar-refractivity contribution in [2.24, 2.45) is 0 Å². The Morgan fingerprint density at radius 2 is 2.11 bits per heavy atom. The predicted molar refractivity (Wildman–Crippen MR) is 74.1 cm³/mol. The van der Waals surface area contributed by atoms with Gasteiger partial charge in [-0.05, 0) is 13.3 Å². The zero-order valence-electron chi connectivity index (χ0n) is 10.8. The van der Waals surface area contributed by atoms with Gasteiger partial charge >= 0.3 is 5.97 Å². The Balaban J connectivity index is 2.15. The van der Waals surface area contributed by atoms with Crippen LogP contribution in [0.25, 0.3) is 11.4 Å². The molecule has 0 amide bonds. The lowest BCUT2D eigenvalue weighted by atomic mass is 10.1. The van der Waals surface area contributed by atoms with E-state index in [1.165, 1.54) is 5.56 Å². The number of thioether (sulfide) groups is 1. The Hall–Kier alpha value is -1.82. The van der Waals surface area contributed by atoms with Crippen molar-refractivity contribution in [1.82, 2.24) is 15.2 Å². The van der Waals surface area contributed by atoms with Crippen molar-refractivity contribution in [2.45, 2.75) is 30.7 Å². The minimum atomic E-state index is -0.839. The van der Waals surface area contributed by atoms with Crippen LogP contribution in [0.15, 0.2) is 29.4 Å². The van der Waals surface area contributed by atoms with Gasteiger partial charge < -0.3 is 5.11 Å². The number of hydrogen-bond acceptors (Lipinski definition) is 4. The number of aromatic amines is 1. The third-order valence-corrected chi connectivity index (χ3v) is 3.90. The number of rotatable bonds is 5. The van der Waals surface area contributed by atoms with Crippen LogP contribution in [0.5, 0.6) is 0 Å². The second kappa shape index (κ2) is 5.88. The fraction of sp³-hybridized carbons (Fsp3) is 0.308. The topological polar surface area (TPSA) is 78.9 Å². The van der Waals surface area contributed by atoms with Gasteiger partial charge in [0.1, 0.15) is 5.25 Å². The molecule has 0 unspecified atom stereocenters. The highest BCUT2D eigenvalue weighted by atomic mass is 32.2. The molecule has 2 N–H and O–H groups in total. The fourth-order valence-corrected chi connectivity index (χ4v) is 2.34. The molecule has 6 heteroatoms. The molecule has 0 saturated heterocycles. The maximum Gasteiger partial charge on any atom is 0.317 e. The van der Waals surface area contributed by atoms with Crippen LogP contribution in [0, 0.1) is 6.92 Å². The summed E-state index contributed by atoms with van der Waals surface area (Å²) in [5.41, 5.74) is 2.11. The number of carboxylic acids is 1. The second-order valence-electron chi connectivity index (χ2n) is 4.19. The van der Waals surface area contributed by atoms with Crippen LogP contribution in [0.2, 0.25) is 0 Å². The van der Waals surface area contributed by atoms with Crippen molar-refractivity contribution < 1.29 is 9.90 Å². The van der Waals surface area contributed by atoms with Crippen LogP contribution in [-0.4, -0.2) is 31.5 Å². The summed E-state index contributed by atoms with van der Waals surface area (Å²) in [6.45, 7) is 3.85. The van der Waals surface area contributed by atoms with Gasteiger partial charge in [-0.25, -0.2) is 4.98 Å². The molecule has 0 aliphatic heterocycles. The molecule has 19 heavy (non-hydrogen) atoms. The average molecular weight is 277 g/mol. The smallest absolute Gasteiger partial charge is 0.317 e. The predicted octanol–water partition coefficient (Wildman–Crippen LogP) is 2.74. The molecule has 5 nitrogen and oxygen atoms in total. The van der Waals surface area contributed by atoms with Gasteiger partial charge in [-0.2, -0.15) is 0 Å². The second-order valence-corrected chi connectivity index (χ2v) is 5.36. The minimum Gasteiger partial charge on any atom is -0.480 e. The SMILES string of the molecule is CC[C@H](Sc1n[nH]c(-c2ccc(C)cc2)n1)C(=O)O. The molecule has 2 aromatic rings. The summed E-state index contributed by atoms with van der Waals surface area (Å²) >= 11 is 1.16. The molecule has 100 valence electrons. The van der Waals surface area contributed by atoms with Gasteiger partial charge in [0.15, 0.2) is 5.82 Å². The van der Waals surface area contributed by atoms with E-state index < -0.39 is 11.2 Å². The standard InChI is InChI=1S/C13H15N3O2S/c1-3-10(12(17)18)19-13-14-11(15-16-13)9-6-4-8(2)5-7-9/h4-7,10H,3H2,1-2H3,(H,17,18)(H,14,15,16)/t10-/m0/s1. The average Bonchev–Trinajstić information content (AvgIpc) is 2.85. The highest BCUT2D eigenvalue weighted by Crippen LogP contribution is 2.24. The molecule has 0 aliphatic rings. The number of aryl methyl sites for hydroxylation is 1. The van der Waals surface area contributed by atoms with Gasteiger partial charge in [-0.3, -0.25) is 9.89 Å². The Morgan fingerprint density at radius 3 is 2.68 bits per heavy atom. The molecule has 1 aromatic heterocycles. The first-order valence-corrected chi connectivity index (χ1v) is 6.87. The quantitative estimate of drug-likeness (QED) is 0.821. The Bertz CT molecular complexity index is 566. The van der Waals surface area contributed by atoms with Crippen molar-refractivity contribution in [2.75, 3.05) is 0 Å². The molecule has 1 aromatic carbocycles. The van der Waals surface area contributed by atoms with Crippen molar-refractivity contribution >= 4 is 17.7 Å². The van der Waals surface area contributed by atoms with Gasteiger partial charge in [0.05, 0.1) is 0 Å². The molecule has 0 aliphatic carbocycles. The van der Waals surface area contributed by atoms with E-state index in [0.717, 1.165) is 17.3 Å². The van der Waals surface area contributed by atoms with Crippen LogP contribution in [0.4, 0.5) is 0 Å². The first-order chi connectivity index (χ1) is 9.10. The number of aromatic nitrogens is 3. The molecule has 2 rings (SSSR count). The molecule has 0 radical (unpaired) electrons. The monoisotopic (exact) mass is 277 g/mol. The number of nitrogens with one attached hydrogen (secondary N) is 1. The van der Waals surface area contributed by atoms with Gasteiger partial charge in [0.2, 0.25) is 5.16 Å². The van der Waals surface area contributed by atoms with Crippen LogP contribution in [0.3, 0.4) is 0 Å². The normalized spacial score (nSPS) is 12.3. The van der Waals surface area contributed by atoms with Crippen molar-refractivity contribution in [3.8, 4) is 11.4 Å². The Kier molecular flexibility index (Phi) is 4.21. The number of hydrogen-bond donors (Lipinski definition) is 2. The molecule has 1 heterocycles. The summed E-state index contributed by atoms with van der Waals surface area (Å²) in [5, 5.41) is 15.8. The number of carboxylic acid groups (broad SMARTS) is 1. The summed E-state index contributed by atoms with van der Waals surface area (Å²) in [7, 11) is 0. The summed E-state index contributed by atoms with van der Waals surface area (Å²) in [6, 6.07) is 7.91. The van der Waals surface area contributed by atoms with Gasteiger partial charge in [-0.1, -0.05) is 48.5 Å². The fourth-order valence-electron chi connectivity index (χ4n) is 1.58. The van der Waals surface area contributed by atoms with Crippen molar-refractivity contribution in [3.63, 3.8) is 0 Å². The van der Waals surface area contributed by atoms with E-state index in [2.05, 4.69) is 15.2 Å². The van der Waals surface area contributed by atoms with Gasteiger partial charge in [0.25, 0.3) is 0 Å². The third-order valence-electron chi connectivity index (χ3n) is 2.68. The number of benzene rings is 1. The molecule has 0 saturated carbocycles. The summed E-state index contributed by atoms with van der Waals surface area (Å²) < 4.78 is 0. The highest BCUT2D eigenvalue weighted by Gasteiger charge is 2.19. The number of nitrogens with zero attached hydrogens (tertiary/aromatic N) is 2. The zero-order valence-corrected chi connectivity index (χ0v) is 11.6. The number of aliphatic carboxylic acids is 1. The molecular formula is C13H15N3O2S. The van der Waals surface area contributed by atoms with E-state index in [-0.39, 0.29) is 0 Å². The van der Waals surface area contributed by atoms with E-state index in [4.69, 9.17) is 5.11 Å². The van der Waals surface area contributed by atoms with Gasteiger partial charge in [0, 0.05) is 5.56 Å². The van der Waals surface area contributed by atoms with E-state index in [9.17, 15) is 4.79 Å². The first-order valence-electron chi connectivity index (χ1n) is 5.99. The van der Waals surface area contributed by atoms with E-state index in [0.29, 0.717) is 17.4 Å². The molecule has 0 fully saturated rings. The lowest BCUT2D eigenvalue weighted by Crippen LogP contribution is -2.14. The van der Waals surface area contributed by atoms with Crippen molar-refractivity contribution in [1.29, 1.82) is 0 Å².